The lowest BCUT2D eigenvalue weighted by atomic mass is 10.1. The highest BCUT2D eigenvalue weighted by atomic mass is 16.6. The quantitative estimate of drug-likeness (QED) is 0.368. The minimum absolute atomic E-state index is 0.0793. The predicted molar refractivity (Wildman–Crippen MR) is 144 cm³/mol. The molecule has 1 aliphatic rings. The Hall–Kier alpha value is -4.15. The van der Waals surface area contributed by atoms with E-state index in [-0.39, 0.29) is 11.9 Å². The van der Waals surface area contributed by atoms with Gasteiger partial charge in [-0.3, -0.25) is 4.40 Å². The molecule has 4 aromatic rings. The van der Waals surface area contributed by atoms with Crippen molar-refractivity contribution < 1.29 is 19.1 Å². The molecule has 11 nitrogen and oxygen atoms in total. The molecule has 0 saturated heterocycles. The molecule has 0 bridgehead atoms. The Labute approximate surface area is 220 Å². The number of nitrogens with two attached hydrogens (primary N) is 1. The van der Waals surface area contributed by atoms with E-state index in [0.717, 1.165) is 34.7 Å². The van der Waals surface area contributed by atoms with Gasteiger partial charge in [0.1, 0.15) is 23.2 Å². The number of nitrogen functional groups attached to an aromatic ring is 1. The summed E-state index contributed by atoms with van der Waals surface area (Å²) in [5.74, 6) is 0.0793. The van der Waals surface area contributed by atoms with Crippen molar-refractivity contribution in [1.82, 2.24) is 23.9 Å². The van der Waals surface area contributed by atoms with E-state index in [2.05, 4.69) is 19.5 Å². The molecule has 2 amide bonds. The highest BCUT2D eigenvalue weighted by Crippen LogP contribution is 2.43. The van der Waals surface area contributed by atoms with Gasteiger partial charge in [-0.05, 0) is 73.4 Å². The molecule has 4 heterocycles. The third kappa shape index (κ3) is 4.64. The maximum atomic E-state index is 13.5. The fraction of sp³-hybridized carbons (Fsp3) is 0.444. The second-order valence-electron chi connectivity index (χ2n) is 11.6. The average molecular weight is 520 g/mol. The van der Waals surface area contributed by atoms with E-state index in [9.17, 15) is 9.59 Å². The number of imidazole rings is 1. The van der Waals surface area contributed by atoms with Crippen LogP contribution in [0.25, 0.3) is 27.9 Å². The maximum Gasteiger partial charge on any atom is 0.425 e. The van der Waals surface area contributed by atoms with E-state index in [4.69, 9.17) is 15.2 Å². The molecule has 0 spiro atoms. The lowest BCUT2D eigenvalue weighted by molar-refractivity contribution is 0.0429. The molecule has 38 heavy (non-hydrogen) atoms. The standard InChI is InChI=1S/C27H33N7O4/c1-15-12-29-21-18(28)10-11-19(33(15)21)17-13-32(16-8-9-16)22-20(17)23(31-14-30-22)34(24(35)37-26(2,3)4)25(36)38-27(5,6)7/h10-14,16H,8-9,28H2,1-7H3. The summed E-state index contributed by atoms with van der Waals surface area (Å²) in [7, 11) is 0. The van der Waals surface area contributed by atoms with Gasteiger partial charge in [0.2, 0.25) is 0 Å². The van der Waals surface area contributed by atoms with E-state index < -0.39 is 23.4 Å². The largest absolute Gasteiger partial charge is 0.443 e. The van der Waals surface area contributed by atoms with Gasteiger partial charge in [0.15, 0.2) is 11.5 Å². The Morgan fingerprint density at radius 1 is 0.974 bits per heavy atom. The van der Waals surface area contributed by atoms with Crippen LogP contribution in [0.4, 0.5) is 21.1 Å². The molecule has 0 radical (unpaired) electrons. The van der Waals surface area contributed by atoms with Gasteiger partial charge in [0, 0.05) is 29.7 Å². The van der Waals surface area contributed by atoms with Gasteiger partial charge < -0.3 is 19.8 Å². The lowest BCUT2D eigenvalue weighted by Crippen LogP contribution is -2.44. The first-order valence-corrected chi connectivity index (χ1v) is 12.6. The van der Waals surface area contributed by atoms with E-state index in [0.29, 0.717) is 22.4 Å². The van der Waals surface area contributed by atoms with Gasteiger partial charge in [-0.1, -0.05) is 0 Å². The van der Waals surface area contributed by atoms with Crippen LogP contribution in [0.1, 0.15) is 66.1 Å². The number of pyridine rings is 1. The van der Waals surface area contributed by atoms with Gasteiger partial charge in [-0.15, -0.1) is 0 Å². The summed E-state index contributed by atoms with van der Waals surface area (Å²) < 4.78 is 15.3. The van der Waals surface area contributed by atoms with E-state index in [1.54, 1.807) is 53.8 Å². The lowest BCUT2D eigenvalue weighted by Gasteiger charge is -2.28. The van der Waals surface area contributed by atoms with Crippen LogP contribution in [0.5, 0.6) is 0 Å². The minimum Gasteiger partial charge on any atom is -0.443 e. The summed E-state index contributed by atoms with van der Waals surface area (Å²) in [5.41, 5.74) is 8.64. The molecule has 2 N–H and O–H groups in total. The van der Waals surface area contributed by atoms with Gasteiger partial charge in [-0.25, -0.2) is 24.5 Å². The summed E-state index contributed by atoms with van der Waals surface area (Å²) in [5, 5.41) is 0.523. The molecule has 4 aromatic heterocycles. The number of rotatable bonds is 3. The zero-order valence-corrected chi connectivity index (χ0v) is 22.8. The van der Waals surface area contributed by atoms with Crippen LogP contribution >= 0.6 is 0 Å². The maximum absolute atomic E-state index is 13.5. The summed E-state index contributed by atoms with van der Waals surface area (Å²) in [6.45, 7) is 12.3. The van der Waals surface area contributed by atoms with Crippen LogP contribution in [0.15, 0.2) is 30.9 Å². The first-order chi connectivity index (χ1) is 17.7. The van der Waals surface area contributed by atoms with Crippen LogP contribution in [0.3, 0.4) is 0 Å². The number of ether oxygens (including phenoxy) is 2. The van der Waals surface area contributed by atoms with E-state index >= 15 is 0 Å². The molecule has 1 fully saturated rings. The van der Waals surface area contributed by atoms with Crippen molar-refractivity contribution in [2.24, 2.45) is 0 Å². The number of fused-ring (bicyclic) bond motifs is 2. The molecule has 0 aromatic carbocycles. The number of imide groups is 1. The number of aryl methyl sites for hydroxylation is 1. The molecule has 200 valence electrons. The Morgan fingerprint density at radius 3 is 2.18 bits per heavy atom. The number of carbonyl (C=O) groups excluding carboxylic acids is 2. The Balaban J connectivity index is 1.80. The first-order valence-electron chi connectivity index (χ1n) is 12.6. The SMILES string of the molecule is Cc1cnc2c(N)ccc(-c3cn(C4CC4)c4ncnc(N(C(=O)OC(C)(C)C)C(=O)OC(C)(C)C)c34)n12. The summed E-state index contributed by atoms with van der Waals surface area (Å²) in [4.78, 5) is 41.4. The van der Waals surface area contributed by atoms with Crippen molar-refractivity contribution in [2.75, 3.05) is 10.6 Å². The zero-order chi connectivity index (χ0) is 27.6. The van der Waals surface area contributed by atoms with E-state index in [1.165, 1.54) is 6.33 Å². The molecule has 0 atom stereocenters. The molecule has 0 unspecified atom stereocenters. The minimum atomic E-state index is -0.891. The fourth-order valence-electron chi connectivity index (χ4n) is 4.40. The number of hydrogen-bond donors (Lipinski definition) is 1. The smallest absolute Gasteiger partial charge is 0.425 e. The third-order valence-electron chi connectivity index (χ3n) is 6.03. The second kappa shape index (κ2) is 8.71. The molecule has 1 aliphatic carbocycles. The Kier molecular flexibility index (Phi) is 5.85. The van der Waals surface area contributed by atoms with Gasteiger partial charge >= 0.3 is 12.2 Å². The van der Waals surface area contributed by atoms with Crippen molar-refractivity contribution in [2.45, 2.75) is 78.6 Å². The Morgan fingerprint density at radius 2 is 1.61 bits per heavy atom. The molecular weight excluding hydrogens is 486 g/mol. The number of hydrogen-bond acceptors (Lipinski definition) is 8. The van der Waals surface area contributed by atoms with Crippen LogP contribution in [-0.2, 0) is 9.47 Å². The fourth-order valence-corrected chi connectivity index (χ4v) is 4.40. The molecular formula is C27H33N7O4. The zero-order valence-electron chi connectivity index (χ0n) is 22.8. The average Bonchev–Trinajstić information content (AvgIpc) is 3.44. The number of amides is 2. The van der Waals surface area contributed by atoms with Gasteiger partial charge in [-0.2, -0.15) is 4.90 Å². The topological polar surface area (TPSA) is 130 Å². The monoisotopic (exact) mass is 519 g/mol. The van der Waals surface area contributed by atoms with Crippen LogP contribution < -0.4 is 10.6 Å². The highest BCUT2D eigenvalue weighted by Gasteiger charge is 2.37. The third-order valence-corrected chi connectivity index (χ3v) is 6.03. The summed E-state index contributed by atoms with van der Waals surface area (Å²) in [6.07, 6.45) is 5.32. The second-order valence-corrected chi connectivity index (χ2v) is 11.6. The molecule has 5 rings (SSSR count). The summed E-state index contributed by atoms with van der Waals surface area (Å²) in [6, 6.07) is 3.95. The first kappa shape index (κ1) is 25.5. The van der Waals surface area contributed by atoms with Crippen LogP contribution in [0.2, 0.25) is 0 Å². The number of nitrogens with zero attached hydrogens (tertiary/aromatic N) is 6. The van der Waals surface area contributed by atoms with Crippen molar-refractivity contribution in [3.05, 3.63) is 36.5 Å². The normalized spacial score (nSPS) is 14.2. The van der Waals surface area contributed by atoms with E-state index in [1.807, 2.05) is 23.6 Å². The van der Waals surface area contributed by atoms with Gasteiger partial charge in [0.25, 0.3) is 0 Å². The number of aromatic nitrogens is 5. The molecule has 11 heteroatoms. The Bertz CT molecular complexity index is 1540. The van der Waals surface area contributed by atoms with Crippen molar-refractivity contribution in [3.8, 4) is 11.3 Å². The van der Waals surface area contributed by atoms with Crippen LogP contribution in [0, 0.1) is 6.92 Å². The predicted octanol–water partition coefficient (Wildman–Crippen LogP) is 5.65. The van der Waals surface area contributed by atoms with Crippen molar-refractivity contribution >= 4 is 40.4 Å². The van der Waals surface area contributed by atoms with Crippen molar-refractivity contribution in [3.63, 3.8) is 0 Å². The van der Waals surface area contributed by atoms with Gasteiger partial charge in [0.05, 0.1) is 16.8 Å². The highest BCUT2D eigenvalue weighted by molar-refractivity contribution is 6.16. The van der Waals surface area contributed by atoms with Crippen molar-refractivity contribution in [1.29, 1.82) is 0 Å². The summed E-state index contributed by atoms with van der Waals surface area (Å²) >= 11 is 0. The van der Waals surface area contributed by atoms with Crippen LogP contribution in [-0.4, -0.2) is 47.3 Å². The number of carbonyl (C=O) groups is 2. The molecule has 1 saturated carbocycles. The number of anilines is 2. The molecule has 0 aliphatic heterocycles.